The van der Waals surface area contributed by atoms with Crippen LogP contribution in [0.25, 0.3) is 87.3 Å². The predicted molar refractivity (Wildman–Crippen MR) is 553 cm³/mol. The lowest BCUT2D eigenvalue weighted by molar-refractivity contribution is -0.146. The highest BCUT2D eigenvalue weighted by Crippen LogP contribution is 2.50. The molecular formula is C109H132F4N16O12S3. The number of fused-ring (bicyclic) bond motifs is 4. The molecule has 5 fully saturated rings. The van der Waals surface area contributed by atoms with Crippen molar-refractivity contribution in [3.8, 4) is 45.2 Å². The summed E-state index contributed by atoms with van der Waals surface area (Å²) in [6.07, 6.45) is -0.150. The number of thiazole rings is 3. The van der Waals surface area contributed by atoms with Crippen LogP contribution in [-0.4, -0.2) is 250 Å². The zero-order chi connectivity index (χ0) is 105. The fourth-order valence-corrected chi connectivity index (χ4v) is 21.4. The van der Waals surface area contributed by atoms with Crippen LogP contribution in [0.15, 0.2) is 126 Å². The fraction of sp³-hybridized carbons (Fsp3) is 0.486. The largest absolute Gasteiger partial charge is 0.447 e. The van der Waals surface area contributed by atoms with E-state index in [9.17, 15) is 71.2 Å². The van der Waals surface area contributed by atoms with Crippen LogP contribution in [0.3, 0.4) is 0 Å². The first-order valence-electron chi connectivity index (χ1n) is 49.1. The van der Waals surface area contributed by atoms with E-state index in [4.69, 9.17) is 29.3 Å². The molecule has 4 aliphatic heterocycles. The monoisotopic (exact) mass is 2030 g/mol. The number of carbonyl (C=O) groups is 8. The number of nitrogens with zero attached hydrogens (tertiary/aromatic N) is 15. The van der Waals surface area contributed by atoms with Gasteiger partial charge in [0.05, 0.1) is 33.9 Å². The van der Waals surface area contributed by atoms with E-state index in [1.165, 1.54) is 82.5 Å². The number of pyridine rings is 3. The van der Waals surface area contributed by atoms with Crippen LogP contribution in [0, 0.1) is 39.5 Å². The Morgan fingerprint density at radius 2 is 0.792 bits per heavy atom. The van der Waals surface area contributed by atoms with Gasteiger partial charge >= 0.3 is 0 Å². The zero-order valence-corrected chi connectivity index (χ0v) is 88.8. The number of halogens is 4. The van der Waals surface area contributed by atoms with Crippen molar-refractivity contribution < 1.29 is 75.7 Å². The Morgan fingerprint density at radius 1 is 0.438 bits per heavy atom. The molecular weight excluding hydrogens is 1900 g/mol. The molecule has 17 rings (SSSR count). The summed E-state index contributed by atoms with van der Waals surface area (Å²) in [7, 11) is 0. The van der Waals surface area contributed by atoms with Crippen molar-refractivity contribution in [1.82, 2.24) is 79.5 Å². The van der Waals surface area contributed by atoms with Crippen molar-refractivity contribution in [2.24, 2.45) is 16.2 Å². The quantitative estimate of drug-likeness (QED) is 0.0580. The minimum Gasteiger partial charge on any atom is -0.447 e. The van der Waals surface area contributed by atoms with Gasteiger partial charge in [-0.2, -0.15) is 0 Å². The molecule has 766 valence electrons. The molecule has 0 unspecified atom stereocenters. The highest BCUT2D eigenvalue weighted by molar-refractivity contribution is 7.20. The summed E-state index contributed by atoms with van der Waals surface area (Å²) in [5.41, 5.74) is 9.14. The van der Waals surface area contributed by atoms with Crippen LogP contribution in [-0.2, 0) is 24.6 Å². The van der Waals surface area contributed by atoms with Crippen molar-refractivity contribution in [2.45, 2.75) is 255 Å². The van der Waals surface area contributed by atoms with E-state index in [0.29, 0.717) is 177 Å². The standard InChI is InChI=1S/C30H37FN4O4.C29H37FN4O3S.C28H35FN4O3S.C22H23FN4O2S/c1-28(2,3)16-21(36)26(37)34-13-14-35(29(4,5)17-34)27(38)22-15-20-23(39-22)24(30(6)11-12-30)33-25(32-20)18-7-9-19(31)10-8-18;1-17(2)20-14-21(18-8-10-19(30)11-9-18)31-24-23(20)32-25(38-24)27(37)34-13-12-33(16-29(34,6)7)26(36)22(35)15-28(3,4)5;1-16(2)20-13-21(18-7-9-19(29)10-8-18)30-24-23(20)31-25(37-24)27(36)32-11-12-33(17(3)15-32)26(35)22(34)14-28(4,5)6;1-12(2)15-11-16(13-5-7-14(23)8-6-13)25-18-17(15)26-19(30-18)20(28)27-10-9-24-21(29)22(27,3)4/h7-10,15,21,36H,11-14,16-17H2,1-6H3;8-11,14,17,22,35H,12-13,15-16H2,1-7H3;7-10,13,16-17,22,34H,11-12,14-15H2,1-6H3;5-8,11-12H,9-10H2,1-4H3,(H,24,29)/t21-;22-;17-,22+;/m110./s1. The van der Waals surface area contributed by atoms with E-state index in [0.717, 1.165) is 51.9 Å². The number of benzene rings is 4. The highest BCUT2D eigenvalue weighted by atomic mass is 32.1. The normalized spacial score (nSPS) is 17.5. The Kier molecular flexibility index (Phi) is 31.6. The number of hydrogen-bond acceptors (Lipinski definition) is 23. The molecule has 12 heterocycles. The first kappa shape index (κ1) is 108. The lowest BCUT2D eigenvalue weighted by atomic mass is 9.88. The lowest BCUT2D eigenvalue weighted by Crippen LogP contribution is -2.63. The second kappa shape index (κ2) is 42.2. The molecule has 4 atom stereocenters. The molecule has 0 spiro atoms. The van der Waals surface area contributed by atoms with Gasteiger partial charge in [-0.3, -0.25) is 38.4 Å². The third-order valence-corrected chi connectivity index (χ3v) is 29.6. The van der Waals surface area contributed by atoms with E-state index in [1.54, 1.807) is 103 Å². The molecule has 0 radical (unpaired) electrons. The predicted octanol–water partition coefficient (Wildman–Crippen LogP) is 19.5. The van der Waals surface area contributed by atoms with Gasteiger partial charge in [0.25, 0.3) is 41.4 Å². The van der Waals surface area contributed by atoms with E-state index in [-0.39, 0.29) is 122 Å². The van der Waals surface area contributed by atoms with Crippen molar-refractivity contribution >= 4 is 123 Å². The first-order chi connectivity index (χ1) is 67.3. The number of aliphatic hydroxyl groups excluding tert-OH is 3. The van der Waals surface area contributed by atoms with Crippen LogP contribution in [0.2, 0.25) is 0 Å². The van der Waals surface area contributed by atoms with Crippen molar-refractivity contribution in [2.75, 3.05) is 72.0 Å². The van der Waals surface area contributed by atoms with Crippen molar-refractivity contribution in [3.05, 3.63) is 188 Å². The molecule has 144 heavy (non-hydrogen) atoms. The summed E-state index contributed by atoms with van der Waals surface area (Å²) < 4.78 is 59.9. The number of furan rings is 1. The minimum absolute atomic E-state index is 0.148. The zero-order valence-electron chi connectivity index (χ0n) is 86.4. The van der Waals surface area contributed by atoms with Crippen LogP contribution >= 0.6 is 34.0 Å². The molecule has 12 aromatic rings. The van der Waals surface area contributed by atoms with E-state index >= 15 is 0 Å². The number of nitrogens with one attached hydrogen (secondary N) is 1. The van der Waals surface area contributed by atoms with E-state index < -0.39 is 34.9 Å². The maximum atomic E-state index is 13.7. The second-order valence-corrected chi connectivity index (χ2v) is 47.8. The number of hydrogen-bond donors (Lipinski definition) is 4. The molecule has 1 saturated carbocycles. The number of amides is 8. The first-order valence-corrected chi connectivity index (χ1v) is 51.6. The molecule has 4 aromatic carbocycles. The Bertz CT molecular complexity index is 6820. The van der Waals surface area contributed by atoms with Crippen molar-refractivity contribution in [1.29, 1.82) is 0 Å². The van der Waals surface area contributed by atoms with Gasteiger partial charge in [-0.1, -0.05) is 145 Å². The second-order valence-electron chi connectivity index (χ2n) is 44.9. The number of piperazine rings is 4. The van der Waals surface area contributed by atoms with E-state index in [2.05, 4.69) is 68.7 Å². The number of rotatable bonds is 18. The molecule has 4 N–H and O–H groups in total. The van der Waals surface area contributed by atoms with Gasteiger partial charge in [0.1, 0.15) is 83.7 Å². The summed E-state index contributed by atoms with van der Waals surface area (Å²) in [5.74, 6) is -2.14. The Balaban J connectivity index is 0.000000153. The minimum atomic E-state index is -1.07. The molecule has 28 nitrogen and oxygen atoms in total. The SMILES string of the molecule is CC(C)(C)C[C@@H](O)C(=O)N1CCN(C(=O)c2cc3nc(-c4ccc(F)cc4)nc(C4(C)CC4)c3o2)C(C)(C)C1.CC(C)c1cc(-c2ccc(F)cc2)nc2sc(C(=O)N3CCN(C(=O)[C@H](O)CC(C)(C)C)CC3(C)C)nc12.CC(C)c1cc(-c2ccc(F)cc2)nc2sc(C(=O)N3CCN(C(=O)[C@H](O)CC(C)(C)C)[C@@H](C)C3)nc12.CC(C)c1cc(-c2ccc(F)cc2)nc2sc(C(=O)N3CCNC(=O)C3(C)C)nc12. The van der Waals surface area contributed by atoms with Gasteiger partial charge in [-0.25, -0.2) is 57.4 Å². The van der Waals surface area contributed by atoms with Gasteiger partial charge < -0.3 is 59.4 Å². The van der Waals surface area contributed by atoms with Crippen LogP contribution in [0.4, 0.5) is 17.6 Å². The Hall–Kier alpha value is -12.0. The topological polar surface area (TPSA) is 348 Å². The van der Waals surface area contributed by atoms with Crippen LogP contribution in [0.5, 0.6) is 0 Å². The van der Waals surface area contributed by atoms with Gasteiger partial charge in [0, 0.05) is 112 Å². The molecule has 5 aliphatic rings. The summed E-state index contributed by atoms with van der Waals surface area (Å²) in [4.78, 5) is 157. The number of carbonyl (C=O) groups excluding carboxylic acids is 8. The number of aliphatic hydroxyl groups is 3. The maximum absolute atomic E-state index is 13.7. The molecule has 35 heteroatoms. The third-order valence-electron chi connectivity index (χ3n) is 26.8. The molecule has 4 saturated heterocycles. The van der Waals surface area contributed by atoms with Crippen LogP contribution in [0.1, 0.15) is 271 Å². The highest BCUT2D eigenvalue weighted by Gasteiger charge is 2.48. The summed E-state index contributed by atoms with van der Waals surface area (Å²) in [6, 6.07) is 32.0. The molecule has 1 aliphatic carbocycles. The molecule has 8 amide bonds. The molecule has 8 aromatic heterocycles. The van der Waals surface area contributed by atoms with Gasteiger partial charge in [0.2, 0.25) is 5.91 Å². The summed E-state index contributed by atoms with van der Waals surface area (Å²) >= 11 is 3.73. The summed E-state index contributed by atoms with van der Waals surface area (Å²) in [6.45, 7) is 49.4. The van der Waals surface area contributed by atoms with Crippen LogP contribution < -0.4 is 5.32 Å². The molecule has 0 bridgehead atoms. The van der Waals surface area contributed by atoms with Gasteiger partial charge in [-0.05, 0) is 247 Å². The lowest BCUT2D eigenvalue weighted by Gasteiger charge is -2.47. The summed E-state index contributed by atoms with van der Waals surface area (Å²) in [5, 5.41) is 35.3. The van der Waals surface area contributed by atoms with E-state index in [1.807, 2.05) is 115 Å². The fourth-order valence-electron chi connectivity index (χ4n) is 18.6. The Labute approximate surface area is 849 Å². The third kappa shape index (κ3) is 24.5. The average Bonchev–Trinajstić information content (AvgIpc) is 1.58. The van der Waals surface area contributed by atoms with Crippen molar-refractivity contribution in [3.63, 3.8) is 0 Å². The Morgan fingerprint density at radius 3 is 1.15 bits per heavy atom. The average molecular weight is 2030 g/mol. The number of aromatic nitrogens is 8. The van der Waals surface area contributed by atoms with Gasteiger partial charge in [0.15, 0.2) is 32.2 Å². The van der Waals surface area contributed by atoms with Gasteiger partial charge in [-0.15, -0.1) is 0 Å². The smallest absolute Gasteiger partial charge is 0.290 e. The maximum Gasteiger partial charge on any atom is 0.290 e.